The quantitative estimate of drug-likeness (QED) is 0.0155. The highest BCUT2D eigenvalue weighted by atomic mass is 35.5. The summed E-state index contributed by atoms with van der Waals surface area (Å²) in [5.41, 5.74) is 4.44. The molecular formula is C94H109Cl2N12O14S6+3. The number of carbonyl (C=O) groups excluding carboxylic acids is 2. The second-order valence-electron chi connectivity index (χ2n) is 31.5. The lowest BCUT2D eigenvalue weighted by molar-refractivity contribution is -0.671. The van der Waals surface area contributed by atoms with Crippen molar-refractivity contribution in [1.29, 1.82) is 0 Å². The van der Waals surface area contributed by atoms with Crippen LogP contribution < -0.4 is 34.3 Å². The number of thiazole rings is 2. The normalized spacial score (nSPS) is 15.7. The maximum absolute atomic E-state index is 13.2. The first-order chi connectivity index (χ1) is 62.4. The first kappa shape index (κ1) is 93.3. The minimum atomic E-state index is -4.40. The van der Waals surface area contributed by atoms with Gasteiger partial charge in [0.15, 0.2) is 6.54 Å². The van der Waals surface area contributed by atoms with Gasteiger partial charge in [0.25, 0.3) is 27.4 Å². The van der Waals surface area contributed by atoms with Crippen molar-refractivity contribution in [2.45, 2.75) is 61.4 Å². The van der Waals surface area contributed by atoms with Crippen LogP contribution in [0.4, 0.5) is 11.4 Å². The van der Waals surface area contributed by atoms with Crippen LogP contribution in [0.25, 0.3) is 54.1 Å². The molecule has 0 aliphatic carbocycles. The van der Waals surface area contributed by atoms with Gasteiger partial charge in [-0.2, -0.15) is 9.13 Å². The Kier molecular flexibility index (Phi) is 33.5. The summed E-state index contributed by atoms with van der Waals surface area (Å²) in [5, 5.41) is 16.4. The van der Waals surface area contributed by atoms with Gasteiger partial charge < -0.3 is 67.8 Å². The maximum atomic E-state index is 13.2. The number of nitrogens with zero attached hydrogens (tertiary/aromatic N) is 10. The zero-order valence-electron chi connectivity index (χ0n) is 71.5. The minimum Gasteiger partial charge on any atom is -0.748 e. The Morgan fingerprint density at radius 3 is 1.40 bits per heavy atom. The topological polar surface area (TPSA) is 265 Å². The Balaban J connectivity index is 0.475. The number of anilines is 2. The molecule has 0 radical (unpaired) electrons. The number of amidine groups is 2. The van der Waals surface area contributed by atoms with Crippen LogP contribution in [0.5, 0.6) is 11.5 Å². The Labute approximate surface area is 774 Å². The highest BCUT2D eigenvalue weighted by Gasteiger charge is 2.35. The van der Waals surface area contributed by atoms with Crippen molar-refractivity contribution >= 4 is 179 Å². The molecule has 26 nitrogen and oxygen atoms in total. The third-order valence-corrected chi connectivity index (χ3v) is 29.2. The molecule has 128 heavy (non-hydrogen) atoms. The lowest BCUT2D eigenvalue weighted by Crippen LogP contribution is -2.42. The largest absolute Gasteiger partial charge is 0.748 e. The van der Waals surface area contributed by atoms with E-state index in [1.807, 2.05) is 97.1 Å². The first-order valence-electron chi connectivity index (χ1n) is 43.7. The number of piperazine rings is 1. The van der Waals surface area contributed by atoms with Gasteiger partial charge in [0.1, 0.15) is 47.9 Å². The molecule has 2 amide bonds. The number of benzene rings is 8. The highest BCUT2D eigenvalue weighted by Crippen LogP contribution is 2.50. The second-order valence-corrected chi connectivity index (χ2v) is 39.7. The van der Waals surface area contributed by atoms with Crippen molar-refractivity contribution in [3.63, 3.8) is 0 Å². The fraction of sp³-hybridized carbons (Fsp3) is 0.383. The van der Waals surface area contributed by atoms with E-state index in [4.69, 9.17) is 51.6 Å². The van der Waals surface area contributed by atoms with Gasteiger partial charge in [0.2, 0.25) is 36.0 Å². The Morgan fingerprint density at radius 1 is 0.477 bits per heavy atom. The number of rotatable bonds is 48. The van der Waals surface area contributed by atoms with Crippen molar-refractivity contribution in [1.82, 2.24) is 30.2 Å². The second kappa shape index (κ2) is 45.9. The molecule has 1 fully saturated rings. The molecule has 676 valence electrons. The zero-order chi connectivity index (χ0) is 88.6. The number of para-hydroxylation sites is 2. The van der Waals surface area contributed by atoms with Crippen molar-refractivity contribution in [2.24, 2.45) is 0 Å². The van der Waals surface area contributed by atoms with Crippen LogP contribution in [0, 0.1) is 0 Å². The summed E-state index contributed by atoms with van der Waals surface area (Å²) >= 11 is 20.2. The number of ether oxygens (including phenoxy) is 6. The van der Waals surface area contributed by atoms with Crippen molar-refractivity contribution in [3.05, 3.63) is 225 Å². The van der Waals surface area contributed by atoms with E-state index in [-0.39, 0.29) is 24.7 Å². The van der Waals surface area contributed by atoms with E-state index in [2.05, 4.69) is 168 Å². The summed E-state index contributed by atoms with van der Waals surface area (Å²) in [6.07, 6.45) is 14.9. The highest BCUT2D eigenvalue weighted by molar-refractivity contribution is 8.04. The number of halogens is 2. The van der Waals surface area contributed by atoms with E-state index in [1.165, 1.54) is 42.0 Å². The molecule has 0 atom stereocenters. The van der Waals surface area contributed by atoms with Crippen LogP contribution in [0.15, 0.2) is 214 Å². The molecule has 1 saturated heterocycles. The smallest absolute Gasteiger partial charge is 0.273 e. The van der Waals surface area contributed by atoms with E-state index < -0.39 is 31.7 Å². The summed E-state index contributed by atoms with van der Waals surface area (Å²) in [6.45, 7) is 14.7. The average molecular weight is 1890 g/mol. The van der Waals surface area contributed by atoms with Crippen molar-refractivity contribution < 1.29 is 82.2 Å². The van der Waals surface area contributed by atoms with Crippen LogP contribution in [0.1, 0.15) is 48.5 Å². The molecule has 0 saturated carbocycles. The molecule has 8 aromatic carbocycles. The van der Waals surface area contributed by atoms with E-state index in [0.29, 0.717) is 220 Å². The Morgan fingerprint density at radius 2 is 0.922 bits per heavy atom. The number of amides is 2. The van der Waals surface area contributed by atoms with E-state index >= 15 is 0 Å². The summed E-state index contributed by atoms with van der Waals surface area (Å²) in [6, 6.07) is 57.8. The average Bonchev–Trinajstić information content (AvgIpc) is 1.60. The van der Waals surface area contributed by atoms with Gasteiger partial charge in [-0.05, 0) is 109 Å². The summed E-state index contributed by atoms with van der Waals surface area (Å²) < 4.78 is 117. The molecule has 3 N–H and O–H groups in total. The van der Waals surface area contributed by atoms with Crippen LogP contribution in [0.2, 0.25) is 10.0 Å². The molecule has 0 bridgehead atoms. The molecule has 15 rings (SSSR count). The summed E-state index contributed by atoms with van der Waals surface area (Å²) in [4.78, 5) is 41.8. The number of aliphatic hydroxyl groups is 1. The van der Waals surface area contributed by atoms with Crippen LogP contribution in [-0.2, 0) is 61.9 Å². The van der Waals surface area contributed by atoms with E-state index in [9.17, 15) is 35.5 Å². The standard InChI is InChI=1S/C94H106Cl2N12O14S6/c95-73-27-31-81-79(67-73)105(89(123-81)69-91-107(53-59-121-75-17-3-1-4-18-75)93-77-21-9-7-15-71(77)25-29-83(93)125-91)51-57-119-63-61-117-55-35-97-85(109)23-11-37-101-47-49-103(39-13-65-127(111,112)113)87(101)33-41-99-43-45-100(46-44-99)42-34-88-102(48-50-104(88)40-14-66-128(114,115)116)38-12-24-86(110)98-36-56-118-62-64-120-58-52-106-80-68-74(96)28-32-82(80)124-90(106)70-92-108(54-60-122-76-19-5-2-6-20-76)94-78-22-10-8-16-72(78)26-30-84(94)126-92/h1-10,15-22,25-34,41-42,67-70H,11-14,23-24,35-40,43-66H2/p+3. The molecular weight excluding hydrogens is 1780 g/mol. The summed E-state index contributed by atoms with van der Waals surface area (Å²) in [5.74, 6) is 2.50. The van der Waals surface area contributed by atoms with Gasteiger partial charge in [0.05, 0.1) is 144 Å². The van der Waals surface area contributed by atoms with Crippen molar-refractivity contribution in [2.75, 3.05) is 192 Å². The molecule has 0 unspecified atom stereocenters. The lowest BCUT2D eigenvalue weighted by atomic mass is 10.1. The fourth-order valence-electron chi connectivity index (χ4n) is 16.5. The molecule has 0 spiro atoms. The Bertz CT molecular complexity index is 5600. The van der Waals surface area contributed by atoms with Crippen LogP contribution >= 0.6 is 69.4 Å². The third kappa shape index (κ3) is 26.1. The molecule has 2 aromatic heterocycles. The number of aromatic hydroxyl groups is 1. The van der Waals surface area contributed by atoms with Gasteiger partial charge in [0, 0.05) is 133 Å². The van der Waals surface area contributed by atoms with Gasteiger partial charge in [-0.3, -0.25) is 28.5 Å². The van der Waals surface area contributed by atoms with Gasteiger partial charge in [-0.25, -0.2) is 16.8 Å². The predicted molar refractivity (Wildman–Crippen MR) is 510 cm³/mol. The minimum absolute atomic E-state index is 0.0877. The first-order valence-corrected chi connectivity index (χ1v) is 50.9. The SMILES string of the molecule is O=C(CCC[N+]1=C(C=CN2CCN(C=CC3=[N+](CCCC(=O)NCCOCCOCCN4C(=Cc5sc6ccc7ccccc7c6[n+]5CC[OH+]c5ccccc5)Sc5ccc(Cl)cc54)CCN3CCCS(=O)(=O)[O-])CC2)N(CCCS(=O)(=O)[O-])CC1)NCCOCCOCCN1C(=Cc2sc3ccc4ccccc4c3[n+]2CCOc2ccccc2)Sc2ccc(Cl)cc21. The Hall–Kier alpha value is -9.36. The van der Waals surface area contributed by atoms with E-state index in [0.717, 1.165) is 64.4 Å². The predicted octanol–water partition coefficient (Wildman–Crippen LogP) is 12.7. The number of aromatic nitrogens is 2. The molecule has 10 aromatic rings. The van der Waals surface area contributed by atoms with Gasteiger partial charge in [-0.1, -0.05) is 154 Å². The number of hydrogen-bond donors (Lipinski definition) is 2. The number of fused-ring (bicyclic) bond motifs is 8. The monoisotopic (exact) mass is 1890 g/mol. The lowest BCUT2D eigenvalue weighted by Gasteiger charge is -2.33. The maximum Gasteiger partial charge on any atom is 0.273 e. The number of nitrogens with one attached hydrogen (secondary N) is 2. The molecule has 5 aliphatic rings. The van der Waals surface area contributed by atoms with Crippen LogP contribution in [0.3, 0.4) is 0 Å². The number of carbonyl (C=O) groups is 2. The van der Waals surface area contributed by atoms with Gasteiger partial charge in [-0.15, -0.1) is 0 Å². The zero-order valence-corrected chi connectivity index (χ0v) is 77.9. The molecule has 34 heteroatoms. The molecule has 5 aliphatic heterocycles. The van der Waals surface area contributed by atoms with Gasteiger partial charge >= 0.3 is 0 Å². The van der Waals surface area contributed by atoms with Crippen molar-refractivity contribution in [3.8, 4) is 11.5 Å². The number of thioether (sulfide) groups is 2. The van der Waals surface area contributed by atoms with E-state index in [1.54, 1.807) is 46.2 Å². The number of hydrogen-bond acceptors (Lipinski definition) is 23. The van der Waals surface area contributed by atoms with Crippen LogP contribution in [-0.4, -0.2) is 265 Å². The molecule has 7 heterocycles. The summed E-state index contributed by atoms with van der Waals surface area (Å²) in [7, 11) is -8.79. The third-order valence-electron chi connectivity index (χ3n) is 22.7. The fourth-order valence-corrected chi connectivity index (χ4v) is 22.4.